The van der Waals surface area contributed by atoms with Gasteiger partial charge in [-0.2, -0.15) is 15.0 Å². The Labute approximate surface area is 127 Å². The maximum Gasteiger partial charge on any atom is 0.229 e. The summed E-state index contributed by atoms with van der Waals surface area (Å²) in [4.78, 5) is 13.4. The van der Waals surface area contributed by atoms with Crippen molar-refractivity contribution < 1.29 is 0 Å². The minimum Gasteiger partial charge on any atom is -0.352 e. The second kappa shape index (κ2) is 7.43. The van der Waals surface area contributed by atoms with Gasteiger partial charge in [-0.15, -0.1) is 0 Å². The van der Waals surface area contributed by atoms with Crippen LogP contribution in [0.25, 0.3) is 0 Å². The van der Waals surface area contributed by atoms with Crippen LogP contribution in [0, 0.1) is 0 Å². The van der Waals surface area contributed by atoms with Crippen molar-refractivity contribution in [1.82, 2.24) is 15.0 Å². The van der Waals surface area contributed by atoms with E-state index in [1.54, 1.807) is 0 Å². The zero-order chi connectivity index (χ0) is 15.2. The molecule has 1 saturated carbocycles. The lowest BCUT2D eigenvalue weighted by molar-refractivity contribution is 0.461. The van der Waals surface area contributed by atoms with Crippen LogP contribution in [-0.2, 0) is 0 Å². The van der Waals surface area contributed by atoms with Gasteiger partial charge in [0.15, 0.2) is 0 Å². The van der Waals surface area contributed by atoms with Crippen LogP contribution in [0.15, 0.2) is 0 Å². The van der Waals surface area contributed by atoms with Gasteiger partial charge in [0.25, 0.3) is 0 Å². The lowest BCUT2D eigenvalue weighted by Crippen LogP contribution is -2.25. The topological polar surface area (TPSA) is 74.8 Å². The molecule has 1 heterocycles. The molecule has 0 aromatic carbocycles. The highest BCUT2D eigenvalue weighted by molar-refractivity contribution is 5.43. The molecular weight excluding hydrogens is 264 g/mol. The summed E-state index contributed by atoms with van der Waals surface area (Å²) in [5.41, 5.74) is 0. The molecule has 6 nitrogen and oxygen atoms in total. The third kappa shape index (κ3) is 5.36. The van der Waals surface area contributed by atoms with Crippen LogP contribution in [0.1, 0.15) is 59.8 Å². The molecule has 0 unspecified atom stereocenters. The zero-order valence-electron chi connectivity index (χ0n) is 13.6. The van der Waals surface area contributed by atoms with Gasteiger partial charge in [0.2, 0.25) is 17.8 Å². The van der Waals surface area contributed by atoms with E-state index in [0.717, 1.165) is 0 Å². The van der Waals surface area contributed by atoms with Crippen molar-refractivity contribution in [3.63, 3.8) is 0 Å². The molecule has 1 aliphatic carbocycles. The molecule has 0 amide bonds. The number of hydrogen-bond donors (Lipinski definition) is 3. The summed E-state index contributed by atoms with van der Waals surface area (Å²) in [6.45, 7) is 8.31. The van der Waals surface area contributed by atoms with Gasteiger partial charge < -0.3 is 16.0 Å². The molecule has 2 rings (SSSR count). The summed E-state index contributed by atoms with van der Waals surface area (Å²) in [5, 5.41) is 9.97. The molecule has 0 aliphatic heterocycles. The molecular formula is C15H28N6. The van der Waals surface area contributed by atoms with Crippen molar-refractivity contribution in [2.45, 2.75) is 77.9 Å². The Bertz CT molecular complexity index is 412. The Kier molecular flexibility index (Phi) is 5.59. The lowest BCUT2D eigenvalue weighted by atomic mass is 9.96. The number of hydrogen-bond acceptors (Lipinski definition) is 6. The molecule has 0 saturated heterocycles. The number of rotatable bonds is 6. The molecule has 0 radical (unpaired) electrons. The highest BCUT2D eigenvalue weighted by Crippen LogP contribution is 2.21. The first kappa shape index (κ1) is 15.8. The molecule has 0 spiro atoms. The van der Waals surface area contributed by atoms with Crippen molar-refractivity contribution >= 4 is 17.8 Å². The minimum atomic E-state index is 0.293. The van der Waals surface area contributed by atoms with E-state index in [-0.39, 0.29) is 0 Å². The summed E-state index contributed by atoms with van der Waals surface area (Å²) in [6, 6.07) is 1.07. The SMILES string of the molecule is CC(C)Nc1nc(NC(C)C)nc(NC2CCCCC2)n1. The summed E-state index contributed by atoms with van der Waals surface area (Å²) >= 11 is 0. The largest absolute Gasteiger partial charge is 0.352 e. The second-order valence-electron chi connectivity index (χ2n) is 6.38. The molecule has 0 bridgehead atoms. The van der Waals surface area contributed by atoms with Crippen molar-refractivity contribution in [2.24, 2.45) is 0 Å². The molecule has 6 heteroatoms. The minimum absolute atomic E-state index is 0.293. The fraction of sp³-hybridized carbons (Fsp3) is 0.800. The van der Waals surface area contributed by atoms with Gasteiger partial charge in [0.05, 0.1) is 0 Å². The molecule has 118 valence electrons. The fourth-order valence-corrected chi connectivity index (χ4v) is 2.52. The molecule has 1 fully saturated rings. The van der Waals surface area contributed by atoms with E-state index in [1.807, 2.05) is 0 Å². The van der Waals surface area contributed by atoms with Crippen molar-refractivity contribution in [2.75, 3.05) is 16.0 Å². The van der Waals surface area contributed by atoms with Crippen LogP contribution in [0.3, 0.4) is 0 Å². The van der Waals surface area contributed by atoms with Gasteiger partial charge in [-0.25, -0.2) is 0 Å². The Morgan fingerprint density at radius 1 is 0.762 bits per heavy atom. The summed E-state index contributed by atoms with van der Waals surface area (Å²) < 4.78 is 0. The van der Waals surface area contributed by atoms with E-state index in [2.05, 4.69) is 58.6 Å². The van der Waals surface area contributed by atoms with Gasteiger partial charge >= 0.3 is 0 Å². The molecule has 3 N–H and O–H groups in total. The van der Waals surface area contributed by atoms with Crippen LogP contribution >= 0.6 is 0 Å². The number of nitrogens with one attached hydrogen (secondary N) is 3. The van der Waals surface area contributed by atoms with E-state index in [4.69, 9.17) is 0 Å². The average Bonchev–Trinajstić information content (AvgIpc) is 2.37. The first-order chi connectivity index (χ1) is 10.0. The van der Waals surface area contributed by atoms with Crippen LogP contribution in [-0.4, -0.2) is 33.1 Å². The molecule has 21 heavy (non-hydrogen) atoms. The average molecular weight is 292 g/mol. The fourth-order valence-electron chi connectivity index (χ4n) is 2.52. The summed E-state index contributed by atoms with van der Waals surface area (Å²) in [5.74, 6) is 1.92. The van der Waals surface area contributed by atoms with Gasteiger partial charge in [0.1, 0.15) is 0 Å². The molecule has 1 aromatic rings. The first-order valence-corrected chi connectivity index (χ1v) is 8.08. The Balaban J connectivity index is 2.12. The highest BCUT2D eigenvalue weighted by Gasteiger charge is 2.16. The maximum absolute atomic E-state index is 4.49. The number of aromatic nitrogens is 3. The number of anilines is 3. The standard InChI is InChI=1S/C15H28N6/c1-10(2)16-13-19-14(17-11(3)4)21-15(20-13)18-12-8-6-5-7-9-12/h10-12H,5-9H2,1-4H3,(H3,16,17,18,19,20,21). The van der Waals surface area contributed by atoms with Crippen LogP contribution in [0.2, 0.25) is 0 Å². The van der Waals surface area contributed by atoms with Gasteiger partial charge in [-0.05, 0) is 40.5 Å². The van der Waals surface area contributed by atoms with Crippen molar-refractivity contribution in [1.29, 1.82) is 0 Å². The third-order valence-corrected chi connectivity index (χ3v) is 3.41. The highest BCUT2D eigenvalue weighted by atomic mass is 15.3. The quantitative estimate of drug-likeness (QED) is 0.747. The Morgan fingerprint density at radius 2 is 1.24 bits per heavy atom. The second-order valence-corrected chi connectivity index (χ2v) is 6.38. The summed E-state index contributed by atoms with van der Waals surface area (Å²) in [6.07, 6.45) is 6.32. The van der Waals surface area contributed by atoms with E-state index in [1.165, 1.54) is 32.1 Å². The third-order valence-electron chi connectivity index (χ3n) is 3.41. The number of nitrogens with zero attached hydrogens (tertiary/aromatic N) is 3. The molecule has 1 aromatic heterocycles. The summed E-state index contributed by atoms with van der Waals surface area (Å²) in [7, 11) is 0. The molecule has 1 aliphatic rings. The molecule has 0 atom stereocenters. The van der Waals surface area contributed by atoms with E-state index < -0.39 is 0 Å². The van der Waals surface area contributed by atoms with Crippen LogP contribution in [0.4, 0.5) is 17.8 Å². The first-order valence-electron chi connectivity index (χ1n) is 8.08. The normalized spacial score (nSPS) is 16.3. The van der Waals surface area contributed by atoms with Gasteiger partial charge in [0, 0.05) is 18.1 Å². The smallest absolute Gasteiger partial charge is 0.229 e. The predicted molar refractivity (Wildman–Crippen MR) is 87.8 cm³/mol. The van der Waals surface area contributed by atoms with Gasteiger partial charge in [-0.3, -0.25) is 0 Å². The van der Waals surface area contributed by atoms with E-state index in [0.29, 0.717) is 36.0 Å². The van der Waals surface area contributed by atoms with E-state index in [9.17, 15) is 0 Å². The Morgan fingerprint density at radius 3 is 1.71 bits per heavy atom. The monoisotopic (exact) mass is 292 g/mol. The van der Waals surface area contributed by atoms with E-state index >= 15 is 0 Å². The maximum atomic E-state index is 4.49. The lowest BCUT2D eigenvalue weighted by Gasteiger charge is -2.23. The van der Waals surface area contributed by atoms with Crippen LogP contribution < -0.4 is 16.0 Å². The van der Waals surface area contributed by atoms with Gasteiger partial charge in [-0.1, -0.05) is 19.3 Å². The van der Waals surface area contributed by atoms with Crippen molar-refractivity contribution in [3.05, 3.63) is 0 Å². The Hall–Kier alpha value is -1.59. The zero-order valence-corrected chi connectivity index (χ0v) is 13.6. The van der Waals surface area contributed by atoms with Crippen molar-refractivity contribution in [3.8, 4) is 0 Å². The van der Waals surface area contributed by atoms with Crippen LogP contribution in [0.5, 0.6) is 0 Å². The predicted octanol–water partition coefficient (Wildman–Crippen LogP) is 3.26.